The van der Waals surface area contributed by atoms with Gasteiger partial charge in [0.2, 0.25) is 0 Å². The highest BCUT2D eigenvalue weighted by Crippen LogP contribution is 2.28. The van der Waals surface area contributed by atoms with Crippen LogP contribution in [0, 0.1) is 11.7 Å². The highest BCUT2D eigenvalue weighted by molar-refractivity contribution is 6.30. The Balaban J connectivity index is 2.92. The Bertz CT molecular complexity index is 364. The largest absolute Gasteiger partial charge is 0.310 e. The molecule has 3 heteroatoms. The Morgan fingerprint density at radius 3 is 2.44 bits per heavy atom. The van der Waals surface area contributed by atoms with E-state index in [4.69, 9.17) is 11.6 Å². The fourth-order valence-corrected chi connectivity index (χ4v) is 2.48. The maximum absolute atomic E-state index is 13.9. The van der Waals surface area contributed by atoms with Gasteiger partial charge < -0.3 is 5.32 Å². The summed E-state index contributed by atoms with van der Waals surface area (Å²) in [5.74, 6) is 0.448. The first kappa shape index (κ1) is 15.5. The van der Waals surface area contributed by atoms with Crippen LogP contribution in [0.3, 0.4) is 0 Å². The number of hydrogen-bond acceptors (Lipinski definition) is 1. The normalized spacial score (nSPS) is 13.0. The molecular formula is C15H23ClFN. The highest BCUT2D eigenvalue weighted by Gasteiger charge is 2.18. The number of rotatable bonds is 7. The lowest BCUT2D eigenvalue weighted by molar-refractivity contribution is 0.368. The SMILES string of the molecule is CCNC(CC(CC)CC)c1cc(Cl)ccc1F. The van der Waals surface area contributed by atoms with Gasteiger partial charge in [0.25, 0.3) is 0 Å². The van der Waals surface area contributed by atoms with Gasteiger partial charge in [-0.05, 0) is 37.1 Å². The lowest BCUT2D eigenvalue weighted by Gasteiger charge is -2.23. The molecule has 102 valence electrons. The highest BCUT2D eigenvalue weighted by atomic mass is 35.5. The lowest BCUT2D eigenvalue weighted by atomic mass is 9.91. The van der Waals surface area contributed by atoms with Crippen LogP contribution in [0.2, 0.25) is 5.02 Å². The van der Waals surface area contributed by atoms with Crippen LogP contribution in [-0.2, 0) is 0 Å². The first-order valence-electron chi connectivity index (χ1n) is 6.80. The van der Waals surface area contributed by atoms with Gasteiger partial charge in [-0.25, -0.2) is 4.39 Å². The molecule has 1 rings (SSSR count). The minimum atomic E-state index is -0.170. The van der Waals surface area contributed by atoms with E-state index in [9.17, 15) is 4.39 Å². The fraction of sp³-hybridized carbons (Fsp3) is 0.600. The summed E-state index contributed by atoms with van der Waals surface area (Å²) in [5, 5.41) is 3.96. The Labute approximate surface area is 115 Å². The number of benzene rings is 1. The quantitative estimate of drug-likeness (QED) is 0.739. The first-order valence-corrected chi connectivity index (χ1v) is 7.18. The smallest absolute Gasteiger partial charge is 0.128 e. The first-order chi connectivity index (χ1) is 8.62. The number of nitrogens with one attached hydrogen (secondary N) is 1. The Morgan fingerprint density at radius 1 is 1.22 bits per heavy atom. The molecular weight excluding hydrogens is 249 g/mol. The van der Waals surface area contributed by atoms with Crippen LogP contribution in [0.25, 0.3) is 0 Å². The van der Waals surface area contributed by atoms with Gasteiger partial charge in [0.15, 0.2) is 0 Å². The molecule has 0 aliphatic heterocycles. The molecule has 1 aromatic carbocycles. The molecule has 0 bridgehead atoms. The van der Waals surface area contributed by atoms with Gasteiger partial charge in [-0.1, -0.05) is 45.2 Å². The second kappa shape index (κ2) is 7.75. The third-order valence-corrected chi connectivity index (χ3v) is 3.74. The third kappa shape index (κ3) is 4.25. The molecule has 18 heavy (non-hydrogen) atoms. The van der Waals surface area contributed by atoms with Crippen molar-refractivity contribution in [2.24, 2.45) is 5.92 Å². The van der Waals surface area contributed by atoms with E-state index >= 15 is 0 Å². The molecule has 0 aliphatic carbocycles. The summed E-state index contributed by atoms with van der Waals surface area (Å²) in [6.07, 6.45) is 3.21. The van der Waals surface area contributed by atoms with E-state index in [1.54, 1.807) is 12.1 Å². The minimum Gasteiger partial charge on any atom is -0.310 e. The Kier molecular flexibility index (Phi) is 6.66. The van der Waals surface area contributed by atoms with Crippen molar-refractivity contribution in [3.63, 3.8) is 0 Å². The van der Waals surface area contributed by atoms with Gasteiger partial charge in [-0.2, -0.15) is 0 Å². The second-order valence-electron chi connectivity index (χ2n) is 4.69. The number of halogens is 2. The average Bonchev–Trinajstić information content (AvgIpc) is 2.37. The van der Waals surface area contributed by atoms with Gasteiger partial charge in [0.1, 0.15) is 5.82 Å². The van der Waals surface area contributed by atoms with E-state index in [1.165, 1.54) is 6.07 Å². The molecule has 1 aromatic rings. The summed E-state index contributed by atoms with van der Waals surface area (Å²) >= 11 is 5.97. The van der Waals surface area contributed by atoms with Crippen molar-refractivity contribution in [3.05, 3.63) is 34.6 Å². The summed E-state index contributed by atoms with van der Waals surface area (Å²) < 4.78 is 13.9. The summed E-state index contributed by atoms with van der Waals surface area (Å²) in [4.78, 5) is 0. The van der Waals surface area contributed by atoms with E-state index in [1.807, 2.05) is 6.92 Å². The molecule has 0 radical (unpaired) electrons. The Hall–Kier alpha value is -0.600. The molecule has 0 spiro atoms. The van der Waals surface area contributed by atoms with Gasteiger partial charge in [0.05, 0.1) is 0 Å². The summed E-state index contributed by atoms with van der Waals surface area (Å²) in [6, 6.07) is 4.85. The van der Waals surface area contributed by atoms with Crippen LogP contribution in [0.1, 0.15) is 51.6 Å². The van der Waals surface area contributed by atoms with Crippen LogP contribution in [-0.4, -0.2) is 6.54 Å². The van der Waals surface area contributed by atoms with Gasteiger partial charge in [-0.3, -0.25) is 0 Å². The van der Waals surface area contributed by atoms with Crippen molar-refractivity contribution in [2.75, 3.05) is 6.54 Å². The fourth-order valence-electron chi connectivity index (χ4n) is 2.30. The Morgan fingerprint density at radius 2 is 1.89 bits per heavy atom. The maximum Gasteiger partial charge on any atom is 0.128 e. The zero-order chi connectivity index (χ0) is 13.5. The minimum absolute atomic E-state index is 0.0543. The van der Waals surface area contributed by atoms with Crippen LogP contribution in [0.4, 0.5) is 4.39 Å². The van der Waals surface area contributed by atoms with Crippen molar-refractivity contribution in [1.29, 1.82) is 0 Å². The topological polar surface area (TPSA) is 12.0 Å². The van der Waals surface area contributed by atoms with Gasteiger partial charge in [0, 0.05) is 16.6 Å². The van der Waals surface area contributed by atoms with E-state index in [0.717, 1.165) is 25.8 Å². The van der Waals surface area contributed by atoms with Crippen LogP contribution in [0.5, 0.6) is 0 Å². The summed E-state index contributed by atoms with van der Waals surface area (Å²) in [6.45, 7) is 7.25. The van der Waals surface area contributed by atoms with E-state index < -0.39 is 0 Å². The van der Waals surface area contributed by atoms with Gasteiger partial charge in [-0.15, -0.1) is 0 Å². The van der Waals surface area contributed by atoms with Crippen LogP contribution >= 0.6 is 11.6 Å². The van der Waals surface area contributed by atoms with Crippen molar-refractivity contribution in [1.82, 2.24) is 5.32 Å². The lowest BCUT2D eigenvalue weighted by Crippen LogP contribution is -2.24. The zero-order valence-corrected chi connectivity index (χ0v) is 12.2. The van der Waals surface area contributed by atoms with Crippen molar-refractivity contribution >= 4 is 11.6 Å². The van der Waals surface area contributed by atoms with Crippen molar-refractivity contribution < 1.29 is 4.39 Å². The predicted octanol–water partition coefficient (Wildman–Crippen LogP) is 4.96. The summed E-state index contributed by atoms with van der Waals surface area (Å²) in [5.41, 5.74) is 0.691. The zero-order valence-electron chi connectivity index (χ0n) is 11.5. The molecule has 0 saturated carbocycles. The second-order valence-corrected chi connectivity index (χ2v) is 5.13. The van der Waals surface area contributed by atoms with E-state index in [-0.39, 0.29) is 11.9 Å². The molecule has 0 fully saturated rings. The molecule has 1 unspecified atom stereocenters. The third-order valence-electron chi connectivity index (χ3n) is 3.51. The molecule has 0 saturated heterocycles. The molecule has 1 atom stereocenters. The van der Waals surface area contributed by atoms with Crippen LogP contribution < -0.4 is 5.32 Å². The summed E-state index contributed by atoms with van der Waals surface area (Å²) in [7, 11) is 0. The predicted molar refractivity (Wildman–Crippen MR) is 76.5 cm³/mol. The number of hydrogen-bond donors (Lipinski definition) is 1. The van der Waals surface area contributed by atoms with E-state index in [2.05, 4.69) is 19.2 Å². The molecule has 1 N–H and O–H groups in total. The molecule has 0 aromatic heterocycles. The molecule has 0 aliphatic rings. The standard InChI is InChI=1S/C15H23ClFN/c1-4-11(5-2)9-15(18-6-3)13-10-12(16)7-8-14(13)17/h7-8,10-11,15,18H,4-6,9H2,1-3H3. The molecule has 0 amide bonds. The maximum atomic E-state index is 13.9. The molecule has 1 nitrogen and oxygen atoms in total. The van der Waals surface area contributed by atoms with Crippen LogP contribution in [0.15, 0.2) is 18.2 Å². The van der Waals surface area contributed by atoms with E-state index in [0.29, 0.717) is 16.5 Å². The molecule has 0 heterocycles. The monoisotopic (exact) mass is 271 g/mol. The van der Waals surface area contributed by atoms with Gasteiger partial charge >= 0.3 is 0 Å². The average molecular weight is 272 g/mol. The van der Waals surface area contributed by atoms with Crippen molar-refractivity contribution in [3.8, 4) is 0 Å². The van der Waals surface area contributed by atoms with Crippen molar-refractivity contribution in [2.45, 2.75) is 46.1 Å².